The van der Waals surface area contributed by atoms with E-state index in [1.165, 1.54) is 5.70 Å². The molecule has 5 nitrogen and oxygen atoms in total. The van der Waals surface area contributed by atoms with E-state index in [-0.39, 0.29) is 23.7 Å². The number of nitrogens with zero attached hydrogens (tertiary/aromatic N) is 1. The van der Waals surface area contributed by atoms with E-state index in [1.807, 2.05) is 65.3 Å². The van der Waals surface area contributed by atoms with Crippen molar-refractivity contribution in [2.75, 3.05) is 23.4 Å². The van der Waals surface area contributed by atoms with E-state index in [4.69, 9.17) is 11.6 Å². The van der Waals surface area contributed by atoms with Gasteiger partial charge in [-0.25, -0.2) is 0 Å². The highest BCUT2D eigenvalue weighted by Gasteiger charge is 2.39. The molecule has 1 aromatic heterocycles. The maximum atomic E-state index is 13.9. The largest absolute Gasteiger partial charge is 0.366 e. The molecule has 2 atom stereocenters. The number of ketones is 1. The van der Waals surface area contributed by atoms with Crippen LogP contribution in [0.25, 0.3) is 11.1 Å². The second-order valence-electron chi connectivity index (χ2n) is 9.45. The molecule has 0 radical (unpaired) electrons. The molecule has 3 aromatic rings. The second-order valence-corrected chi connectivity index (χ2v) is 11.7. The Morgan fingerprint density at radius 2 is 1.97 bits per heavy atom. The highest BCUT2D eigenvalue weighted by atomic mass is 35.5. The highest BCUT2D eigenvalue weighted by molar-refractivity contribution is 7.99. The fourth-order valence-corrected chi connectivity index (χ4v) is 7.23. The summed E-state index contributed by atoms with van der Waals surface area (Å²) in [5.74, 6) is 1.53. The zero-order valence-electron chi connectivity index (χ0n) is 20.5. The lowest BCUT2D eigenvalue weighted by atomic mass is 9.79. The molecular weight excluding hydrogens is 534 g/mol. The SMILES string of the molecule is O=C(Nc1ccc(C(=O)C2CC=CC3=CNC=C4CSCCN4C32)c(Cl)c1)c1ccccc1-c1ccsc1. The molecule has 1 fully saturated rings. The minimum atomic E-state index is -0.243. The monoisotopic (exact) mass is 559 g/mol. The lowest BCUT2D eigenvalue weighted by molar-refractivity contribution is 0.0850. The van der Waals surface area contributed by atoms with E-state index in [2.05, 4.69) is 27.7 Å². The Bertz CT molecular complexity index is 1480. The van der Waals surface area contributed by atoms with Crippen molar-refractivity contribution >= 4 is 52.1 Å². The number of rotatable bonds is 5. The van der Waals surface area contributed by atoms with Crippen molar-refractivity contribution in [3.05, 3.63) is 111 Å². The summed E-state index contributed by atoms with van der Waals surface area (Å²) in [4.78, 5) is 29.4. The predicted octanol–water partition coefficient (Wildman–Crippen LogP) is 6.83. The number of halogens is 1. The topological polar surface area (TPSA) is 61.4 Å². The number of hydrogen-bond donors (Lipinski definition) is 2. The van der Waals surface area contributed by atoms with E-state index in [0.717, 1.165) is 34.8 Å². The van der Waals surface area contributed by atoms with Crippen molar-refractivity contribution in [2.45, 2.75) is 12.5 Å². The summed E-state index contributed by atoms with van der Waals surface area (Å²) in [7, 11) is 0. The van der Waals surface area contributed by atoms with Gasteiger partial charge in [0.1, 0.15) is 0 Å². The molecule has 1 aliphatic carbocycles. The summed E-state index contributed by atoms with van der Waals surface area (Å²) in [6.07, 6.45) is 8.91. The average Bonchev–Trinajstić information content (AvgIpc) is 3.41. The molecule has 1 amide bonds. The first-order valence-corrected chi connectivity index (χ1v) is 15.0. The molecule has 192 valence electrons. The number of carbonyl (C=O) groups is 2. The minimum Gasteiger partial charge on any atom is -0.366 e. The van der Waals surface area contributed by atoms with Crippen LogP contribution in [0.2, 0.25) is 5.02 Å². The third-order valence-electron chi connectivity index (χ3n) is 7.19. The maximum absolute atomic E-state index is 13.9. The van der Waals surface area contributed by atoms with Crippen LogP contribution in [0.15, 0.2) is 95.1 Å². The first-order chi connectivity index (χ1) is 18.6. The third kappa shape index (κ3) is 4.82. The molecule has 2 aromatic carbocycles. The van der Waals surface area contributed by atoms with Crippen LogP contribution in [0.3, 0.4) is 0 Å². The van der Waals surface area contributed by atoms with Crippen molar-refractivity contribution in [3.63, 3.8) is 0 Å². The number of anilines is 1. The van der Waals surface area contributed by atoms with Crippen molar-refractivity contribution in [1.29, 1.82) is 0 Å². The van der Waals surface area contributed by atoms with Gasteiger partial charge in [0.05, 0.1) is 17.0 Å². The molecule has 38 heavy (non-hydrogen) atoms. The van der Waals surface area contributed by atoms with Gasteiger partial charge in [-0.2, -0.15) is 23.1 Å². The fraction of sp³-hybridized carbons (Fsp3) is 0.200. The molecule has 3 heterocycles. The van der Waals surface area contributed by atoms with Gasteiger partial charge < -0.3 is 15.5 Å². The molecule has 2 N–H and O–H groups in total. The zero-order valence-corrected chi connectivity index (χ0v) is 22.9. The van der Waals surface area contributed by atoms with E-state index in [9.17, 15) is 9.59 Å². The zero-order chi connectivity index (χ0) is 26.1. The Morgan fingerprint density at radius 3 is 2.82 bits per heavy atom. The number of hydrogen-bond acceptors (Lipinski definition) is 6. The Kier molecular flexibility index (Phi) is 7.15. The van der Waals surface area contributed by atoms with Gasteiger partial charge in [0.15, 0.2) is 5.78 Å². The van der Waals surface area contributed by atoms with Crippen LogP contribution < -0.4 is 10.6 Å². The number of fused-ring (bicyclic) bond motifs is 3. The molecule has 6 rings (SSSR count). The molecule has 0 saturated carbocycles. The summed E-state index contributed by atoms with van der Waals surface area (Å²) in [6.45, 7) is 0.906. The van der Waals surface area contributed by atoms with Gasteiger partial charge in [0, 0.05) is 53.0 Å². The van der Waals surface area contributed by atoms with Crippen molar-refractivity contribution in [2.24, 2.45) is 5.92 Å². The quantitative estimate of drug-likeness (QED) is 0.336. The highest BCUT2D eigenvalue weighted by Crippen LogP contribution is 2.37. The molecule has 0 spiro atoms. The van der Waals surface area contributed by atoms with E-state index >= 15 is 0 Å². The summed E-state index contributed by atoms with van der Waals surface area (Å²) in [5, 5.41) is 10.6. The van der Waals surface area contributed by atoms with Gasteiger partial charge in [0.25, 0.3) is 5.91 Å². The Labute approximate surface area is 235 Å². The van der Waals surface area contributed by atoms with Gasteiger partial charge in [-0.05, 0) is 64.2 Å². The average molecular weight is 560 g/mol. The first-order valence-electron chi connectivity index (χ1n) is 12.5. The van der Waals surface area contributed by atoms with E-state index < -0.39 is 0 Å². The van der Waals surface area contributed by atoms with Crippen LogP contribution in [0.5, 0.6) is 0 Å². The van der Waals surface area contributed by atoms with Crippen LogP contribution >= 0.6 is 34.7 Å². The van der Waals surface area contributed by atoms with E-state index in [1.54, 1.807) is 29.5 Å². The molecule has 0 bridgehead atoms. The maximum Gasteiger partial charge on any atom is 0.256 e. The number of benzene rings is 2. The Hall–Kier alpha value is -3.26. The number of nitrogens with one attached hydrogen (secondary N) is 2. The van der Waals surface area contributed by atoms with Gasteiger partial charge in [0.2, 0.25) is 0 Å². The molecular formula is C30H26ClN3O2S2. The number of Topliss-reactive ketones (excluding diaryl/α,β-unsaturated/α-hetero) is 1. The molecule has 3 aliphatic rings. The normalized spacial score (nSPS) is 20.3. The van der Waals surface area contributed by atoms with Crippen LogP contribution in [-0.2, 0) is 0 Å². The van der Waals surface area contributed by atoms with Gasteiger partial charge in [-0.1, -0.05) is 42.0 Å². The van der Waals surface area contributed by atoms with Crippen LogP contribution in [0, 0.1) is 5.92 Å². The van der Waals surface area contributed by atoms with Crippen LogP contribution in [-0.4, -0.2) is 40.7 Å². The Balaban J connectivity index is 1.24. The van der Waals surface area contributed by atoms with Gasteiger partial charge in [-0.3, -0.25) is 9.59 Å². The Morgan fingerprint density at radius 1 is 1.08 bits per heavy atom. The van der Waals surface area contributed by atoms with Gasteiger partial charge in [-0.15, -0.1) is 0 Å². The van der Waals surface area contributed by atoms with Crippen LogP contribution in [0.4, 0.5) is 5.69 Å². The smallest absolute Gasteiger partial charge is 0.256 e. The standard InChI is InChI=1S/C30H26ClN3O2S2/c31-27-14-21(33-30(36)24-6-2-1-5-23(24)20-10-12-37-17-20)8-9-25(27)29(35)26-7-3-4-19-15-32-16-22-18-38-13-11-34(22)28(19)26/h1-6,8-10,12,14-17,26,28,32H,7,11,13,18H2,(H,33,36). The number of amides is 1. The first kappa shape index (κ1) is 25.0. The molecule has 2 aliphatic heterocycles. The number of thiophene rings is 1. The lowest BCUT2D eigenvalue weighted by Crippen LogP contribution is -2.47. The summed E-state index contributed by atoms with van der Waals surface area (Å²) < 4.78 is 0. The number of carbonyl (C=O) groups excluding carboxylic acids is 2. The molecule has 8 heteroatoms. The van der Waals surface area contributed by atoms with Gasteiger partial charge >= 0.3 is 0 Å². The lowest BCUT2D eigenvalue weighted by Gasteiger charge is -2.42. The number of allylic oxidation sites excluding steroid dienone is 1. The summed E-state index contributed by atoms with van der Waals surface area (Å²) in [5.41, 5.74) is 5.83. The third-order valence-corrected chi connectivity index (χ3v) is 9.15. The fourth-order valence-electron chi connectivity index (χ4n) is 5.38. The van der Waals surface area contributed by atoms with Crippen LogP contribution in [0.1, 0.15) is 27.1 Å². The minimum absolute atomic E-state index is 0.0235. The number of thioether (sulfide) groups is 1. The summed E-state index contributed by atoms with van der Waals surface area (Å²) in [6, 6.07) is 14.7. The van der Waals surface area contributed by atoms with E-state index in [0.29, 0.717) is 28.3 Å². The van der Waals surface area contributed by atoms with Crippen molar-refractivity contribution in [3.8, 4) is 11.1 Å². The second kappa shape index (κ2) is 10.8. The van der Waals surface area contributed by atoms with Crippen molar-refractivity contribution in [1.82, 2.24) is 10.2 Å². The molecule has 2 unspecified atom stereocenters. The van der Waals surface area contributed by atoms with Crippen molar-refractivity contribution < 1.29 is 9.59 Å². The summed E-state index contributed by atoms with van der Waals surface area (Å²) >= 11 is 10.2. The molecule has 1 saturated heterocycles. The predicted molar refractivity (Wildman–Crippen MR) is 158 cm³/mol.